The van der Waals surface area contributed by atoms with Gasteiger partial charge < -0.3 is 10.5 Å². The molecular weight excluding hydrogens is 286 g/mol. The monoisotopic (exact) mass is 303 g/mol. The van der Waals surface area contributed by atoms with E-state index in [-0.39, 0.29) is 5.97 Å². The lowest BCUT2D eigenvalue weighted by atomic mass is 10.1. The Labute approximate surface area is 109 Å². The molecule has 0 bridgehead atoms. The number of carbonyl (C=O) groups is 1. The Morgan fingerprint density at radius 1 is 1.59 bits per heavy atom. The molecule has 0 saturated carbocycles. The van der Waals surface area contributed by atoms with Crippen LogP contribution in [0.2, 0.25) is 0 Å². The number of carbonyl (C=O) groups excluding carboxylic acids is 1. The molecule has 0 radical (unpaired) electrons. The maximum absolute atomic E-state index is 11.5. The van der Waals surface area contributed by atoms with Crippen molar-refractivity contribution in [2.45, 2.75) is 39.8 Å². The van der Waals surface area contributed by atoms with Gasteiger partial charge in [0.2, 0.25) is 0 Å². The van der Waals surface area contributed by atoms with Crippen LogP contribution >= 0.6 is 15.9 Å². The van der Waals surface area contributed by atoms with E-state index in [9.17, 15) is 4.79 Å². The summed E-state index contributed by atoms with van der Waals surface area (Å²) < 4.78 is 7.65. The Bertz CT molecular complexity index is 404. The van der Waals surface area contributed by atoms with Crippen molar-refractivity contribution >= 4 is 21.9 Å². The van der Waals surface area contributed by atoms with Gasteiger partial charge in [-0.15, -0.1) is 0 Å². The zero-order valence-corrected chi connectivity index (χ0v) is 12.0. The maximum Gasteiger partial charge on any atom is 0.323 e. The largest absolute Gasteiger partial charge is 0.465 e. The summed E-state index contributed by atoms with van der Waals surface area (Å²) in [5.74, 6) is -0.374. The van der Waals surface area contributed by atoms with Gasteiger partial charge in [0.05, 0.1) is 22.5 Å². The van der Waals surface area contributed by atoms with Gasteiger partial charge in [-0.3, -0.25) is 9.48 Å². The Morgan fingerprint density at radius 2 is 2.24 bits per heavy atom. The summed E-state index contributed by atoms with van der Waals surface area (Å²) in [5.41, 5.74) is 7.64. The molecule has 0 aliphatic heterocycles. The lowest BCUT2D eigenvalue weighted by molar-refractivity contribution is -0.144. The Morgan fingerprint density at radius 3 is 2.76 bits per heavy atom. The van der Waals surface area contributed by atoms with Gasteiger partial charge in [-0.25, -0.2) is 0 Å². The van der Waals surface area contributed by atoms with E-state index >= 15 is 0 Å². The van der Waals surface area contributed by atoms with Crippen LogP contribution in [0, 0.1) is 6.92 Å². The molecular formula is C11H18BrN3O2. The van der Waals surface area contributed by atoms with Crippen LogP contribution in [0.5, 0.6) is 0 Å². The van der Waals surface area contributed by atoms with Crippen LogP contribution in [0.15, 0.2) is 4.47 Å². The molecule has 2 N–H and O–H groups in total. The fourth-order valence-corrected chi connectivity index (χ4v) is 2.05. The standard InChI is InChI=1S/C11H18BrN3O2/c1-4-15-9(10(12)7(3)14-15)6-8(13)11(16)17-5-2/h8H,4-6,13H2,1-3H3. The van der Waals surface area contributed by atoms with Crippen LogP contribution in [0.1, 0.15) is 25.2 Å². The number of ether oxygens (including phenoxy) is 1. The van der Waals surface area contributed by atoms with E-state index in [1.807, 2.05) is 18.5 Å². The van der Waals surface area contributed by atoms with Gasteiger partial charge in [-0.05, 0) is 36.7 Å². The van der Waals surface area contributed by atoms with E-state index < -0.39 is 6.04 Å². The van der Waals surface area contributed by atoms with Crippen LogP contribution < -0.4 is 5.73 Å². The molecule has 0 fully saturated rings. The third-order valence-corrected chi connectivity index (χ3v) is 3.49. The van der Waals surface area contributed by atoms with Gasteiger partial charge in [0.25, 0.3) is 0 Å². The molecule has 0 amide bonds. The number of halogens is 1. The Balaban J connectivity index is 2.83. The second-order valence-electron chi connectivity index (χ2n) is 3.72. The molecule has 1 aromatic rings. The molecule has 1 heterocycles. The van der Waals surface area contributed by atoms with Crippen LogP contribution in [0.4, 0.5) is 0 Å². The minimum atomic E-state index is -0.646. The van der Waals surface area contributed by atoms with Crippen LogP contribution in [-0.4, -0.2) is 28.4 Å². The lowest BCUT2D eigenvalue weighted by Crippen LogP contribution is -2.35. The highest BCUT2D eigenvalue weighted by Crippen LogP contribution is 2.22. The van der Waals surface area contributed by atoms with Crippen molar-refractivity contribution in [3.63, 3.8) is 0 Å². The summed E-state index contributed by atoms with van der Waals surface area (Å²) in [6.07, 6.45) is 0.425. The normalized spacial score (nSPS) is 12.5. The van der Waals surface area contributed by atoms with Gasteiger partial charge in [0, 0.05) is 13.0 Å². The van der Waals surface area contributed by atoms with Crippen molar-refractivity contribution < 1.29 is 9.53 Å². The molecule has 0 aliphatic carbocycles. The molecule has 5 nitrogen and oxygen atoms in total. The fourth-order valence-electron chi connectivity index (χ4n) is 1.60. The van der Waals surface area contributed by atoms with Gasteiger partial charge in [-0.2, -0.15) is 5.10 Å². The average molecular weight is 304 g/mol. The number of hydrogen-bond acceptors (Lipinski definition) is 4. The van der Waals surface area contributed by atoms with Crippen molar-refractivity contribution in [3.8, 4) is 0 Å². The van der Waals surface area contributed by atoms with Gasteiger partial charge in [-0.1, -0.05) is 0 Å². The molecule has 1 unspecified atom stereocenters. The van der Waals surface area contributed by atoms with E-state index in [0.717, 1.165) is 22.4 Å². The molecule has 0 aliphatic rings. The first-order chi connectivity index (χ1) is 8.01. The predicted octanol–water partition coefficient (Wildman–Crippen LogP) is 1.41. The molecule has 0 spiro atoms. The van der Waals surface area contributed by atoms with E-state index in [2.05, 4.69) is 21.0 Å². The highest BCUT2D eigenvalue weighted by molar-refractivity contribution is 9.10. The SMILES string of the molecule is CCOC(=O)C(N)Cc1c(Br)c(C)nn1CC. The molecule has 17 heavy (non-hydrogen) atoms. The van der Waals surface area contributed by atoms with Crippen molar-refractivity contribution in [1.82, 2.24) is 9.78 Å². The molecule has 1 atom stereocenters. The fraction of sp³-hybridized carbons (Fsp3) is 0.636. The van der Waals surface area contributed by atoms with Crippen molar-refractivity contribution in [2.24, 2.45) is 5.73 Å². The van der Waals surface area contributed by atoms with Crippen molar-refractivity contribution in [2.75, 3.05) is 6.61 Å². The minimum Gasteiger partial charge on any atom is -0.465 e. The van der Waals surface area contributed by atoms with E-state index in [1.54, 1.807) is 6.92 Å². The first kappa shape index (κ1) is 14.2. The number of rotatable bonds is 5. The van der Waals surface area contributed by atoms with Crippen LogP contribution in [-0.2, 0) is 22.5 Å². The molecule has 1 rings (SSSR count). The Hall–Kier alpha value is -0.880. The molecule has 0 saturated heterocycles. The van der Waals surface area contributed by atoms with Crippen LogP contribution in [0.3, 0.4) is 0 Å². The van der Waals surface area contributed by atoms with Gasteiger partial charge in [0.1, 0.15) is 6.04 Å². The number of aryl methyl sites for hydroxylation is 2. The van der Waals surface area contributed by atoms with E-state index in [0.29, 0.717) is 13.0 Å². The zero-order chi connectivity index (χ0) is 13.0. The highest BCUT2D eigenvalue weighted by atomic mass is 79.9. The summed E-state index contributed by atoms with van der Waals surface area (Å²) in [5, 5.41) is 4.35. The van der Waals surface area contributed by atoms with E-state index in [1.165, 1.54) is 0 Å². The predicted molar refractivity (Wildman–Crippen MR) is 68.7 cm³/mol. The second-order valence-corrected chi connectivity index (χ2v) is 4.52. The zero-order valence-electron chi connectivity index (χ0n) is 10.4. The smallest absolute Gasteiger partial charge is 0.323 e. The second kappa shape index (κ2) is 6.16. The summed E-state index contributed by atoms with van der Waals surface area (Å²) in [6, 6.07) is -0.646. The number of aromatic nitrogens is 2. The quantitative estimate of drug-likeness (QED) is 0.835. The molecule has 96 valence electrons. The van der Waals surface area contributed by atoms with Gasteiger partial charge in [0.15, 0.2) is 0 Å². The first-order valence-electron chi connectivity index (χ1n) is 5.65. The third kappa shape index (κ3) is 3.29. The lowest BCUT2D eigenvalue weighted by Gasteiger charge is -2.11. The Kier molecular flexibility index (Phi) is 5.14. The number of hydrogen-bond donors (Lipinski definition) is 1. The summed E-state index contributed by atoms with van der Waals surface area (Å²) >= 11 is 3.47. The van der Waals surface area contributed by atoms with Gasteiger partial charge >= 0.3 is 5.97 Å². The molecule has 6 heteroatoms. The summed E-state index contributed by atoms with van der Waals surface area (Å²) in [4.78, 5) is 11.5. The number of esters is 1. The summed E-state index contributed by atoms with van der Waals surface area (Å²) in [6.45, 7) is 6.77. The highest BCUT2D eigenvalue weighted by Gasteiger charge is 2.20. The maximum atomic E-state index is 11.5. The van der Waals surface area contributed by atoms with Crippen molar-refractivity contribution in [3.05, 3.63) is 15.9 Å². The topological polar surface area (TPSA) is 70.1 Å². The first-order valence-corrected chi connectivity index (χ1v) is 6.44. The molecule has 0 aromatic carbocycles. The van der Waals surface area contributed by atoms with E-state index in [4.69, 9.17) is 10.5 Å². The average Bonchev–Trinajstić information content (AvgIpc) is 2.57. The third-order valence-electron chi connectivity index (χ3n) is 2.46. The minimum absolute atomic E-state index is 0.347. The van der Waals surface area contributed by atoms with Crippen LogP contribution in [0.25, 0.3) is 0 Å². The van der Waals surface area contributed by atoms with Crippen molar-refractivity contribution in [1.29, 1.82) is 0 Å². The number of nitrogens with zero attached hydrogens (tertiary/aromatic N) is 2. The number of nitrogens with two attached hydrogens (primary N) is 1. The summed E-state index contributed by atoms with van der Waals surface area (Å²) in [7, 11) is 0. The molecule has 1 aromatic heterocycles.